The number of rotatable bonds is 1. The van der Waals surface area contributed by atoms with E-state index in [4.69, 9.17) is 4.84 Å². The van der Waals surface area contributed by atoms with Gasteiger partial charge in [-0.05, 0) is 18.6 Å². The van der Waals surface area contributed by atoms with E-state index in [1.165, 1.54) is 11.3 Å². The van der Waals surface area contributed by atoms with Crippen LogP contribution in [0.4, 0.5) is 0 Å². The van der Waals surface area contributed by atoms with Gasteiger partial charge in [0.25, 0.3) is 5.91 Å². The third-order valence-corrected chi connectivity index (χ3v) is 3.00. The zero-order chi connectivity index (χ0) is 12.5. The average Bonchev–Trinajstić information content (AvgIpc) is 2.93. The summed E-state index contributed by atoms with van der Waals surface area (Å²) in [5, 5.41) is 1.77. The monoisotopic (exact) mass is 244 g/mol. The smallest absolute Gasteiger partial charge is 0.282 e. The minimum atomic E-state index is -0.375. The van der Waals surface area contributed by atoms with E-state index in [2.05, 4.69) is 4.98 Å². The molecule has 3 rings (SSSR count). The number of nitrogens with zero attached hydrogens (tertiary/aromatic N) is 1. The van der Waals surface area contributed by atoms with Gasteiger partial charge in [0.1, 0.15) is 5.56 Å². The third kappa shape index (κ3) is 1.69. The molecule has 0 saturated carbocycles. The number of aromatic amines is 1. The van der Waals surface area contributed by atoms with Crippen LogP contribution < -0.4 is 5.43 Å². The molecule has 0 atom stereocenters. The number of hydroxylamine groups is 2. The Morgan fingerprint density at radius 1 is 1.33 bits per heavy atom. The molecule has 5 nitrogen and oxygen atoms in total. The number of para-hydroxylation sites is 1. The van der Waals surface area contributed by atoms with Crippen LogP contribution in [-0.4, -0.2) is 29.1 Å². The summed E-state index contributed by atoms with van der Waals surface area (Å²) in [6.45, 7) is 1.06. The molecule has 0 unspecified atom stereocenters. The second kappa shape index (κ2) is 4.27. The van der Waals surface area contributed by atoms with Gasteiger partial charge >= 0.3 is 0 Å². The van der Waals surface area contributed by atoms with Crippen molar-refractivity contribution in [1.29, 1.82) is 0 Å². The molecule has 1 aromatic carbocycles. The molecule has 0 radical (unpaired) electrons. The Hall–Kier alpha value is -2.14. The molecule has 18 heavy (non-hydrogen) atoms. The highest BCUT2D eigenvalue weighted by Crippen LogP contribution is 2.11. The van der Waals surface area contributed by atoms with Crippen molar-refractivity contribution in [2.75, 3.05) is 13.2 Å². The highest BCUT2D eigenvalue weighted by molar-refractivity contribution is 5.96. The molecular weight excluding hydrogens is 232 g/mol. The largest absolute Gasteiger partial charge is 0.360 e. The normalized spacial score (nSPS) is 15.2. The Bertz CT molecular complexity index is 657. The van der Waals surface area contributed by atoms with E-state index in [1.807, 2.05) is 6.07 Å². The highest BCUT2D eigenvalue weighted by Gasteiger charge is 2.23. The fourth-order valence-electron chi connectivity index (χ4n) is 2.07. The van der Waals surface area contributed by atoms with E-state index in [-0.39, 0.29) is 16.9 Å². The van der Waals surface area contributed by atoms with Crippen LogP contribution in [0.1, 0.15) is 16.8 Å². The second-order valence-corrected chi connectivity index (χ2v) is 4.17. The van der Waals surface area contributed by atoms with E-state index in [0.717, 1.165) is 11.9 Å². The van der Waals surface area contributed by atoms with Gasteiger partial charge in [-0.3, -0.25) is 14.4 Å². The molecular formula is C13H12N2O3. The zero-order valence-electron chi connectivity index (χ0n) is 9.68. The first-order chi connectivity index (χ1) is 8.77. The van der Waals surface area contributed by atoms with Gasteiger partial charge in [-0.2, -0.15) is 0 Å². The number of fused-ring (bicyclic) bond motifs is 1. The van der Waals surface area contributed by atoms with Crippen LogP contribution in [0.25, 0.3) is 10.9 Å². The number of hydrogen-bond donors (Lipinski definition) is 1. The first kappa shape index (κ1) is 11.0. The molecule has 1 aliphatic heterocycles. The Balaban J connectivity index is 2.09. The highest BCUT2D eigenvalue weighted by atomic mass is 16.7. The number of pyridine rings is 1. The summed E-state index contributed by atoms with van der Waals surface area (Å²) in [6.07, 6.45) is 2.26. The molecule has 0 spiro atoms. The number of H-pyrrole nitrogens is 1. The number of carbonyl (C=O) groups excluding carboxylic acids is 1. The molecule has 1 N–H and O–H groups in total. The maximum absolute atomic E-state index is 12.2. The SMILES string of the molecule is O=C(c1c[nH]c2ccccc2c1=O)N1CCCO1. The molecule has 5 heteroatoms. The minimum Gasteiger partial charge on any atom is -0.360 e. The van der Waals surface area contributed by atoms with Crippen molar-refractivity contribution in [3.63, 3.8) is 0 Å². The summed E-state index contributed by atoms with van der Waals surface area (Å²) in [5.74, 6) is -0.375. The number of carbonyl (C=O) groups is 1. The number of hydrogen-bond acceptors (Lipinski definition) is 3. The summed E-state index contributed by atoms with van der Waals surface area (Å²) in [4.78, 5) is 32.4. The minimum absolute atomic E-state index is 0.121. The fourth-order valence-corrected chi connectivity index (χ4v) is 2.07. The molecule has 2 heterocycles. The van der Waals surface area contributed by atoms with E-state index in [1.54, 1.807) is 18.2 Å². The molecule has 1 aromatic heterocycles. The van der Waals surface area contributed by atoms with Crippen LogP contribution in [0.5, 0.6) is 0 Å². The first-order valence-electron chi connectivity index (χ1n) is 5.82. The van der Waals surface area contributed by atoms with Gasteiger partial charge in [0.15, 0.2) is 0 Å². The molecule has 1 aliphatic rings. The zero-order valence-corrected chi connectivity index (χ0v) is 9.68. The molecule has 1 saturated heterocycles. The quantitative estimate of drug-likeness (QED) is 0.822. The predicted octanol–water partition coefficient (Wildman–Crippen LogP) is 1.31. The Kier molecular flexibility index (Phi) is 2.60. The van der Waals surface area contributed by atoms with Gasteiger partial charge in [0, 0.05) is 17.1 Å². The summed E-state index contributed by atoms with van der Waals surface area (Å²) >= 11 is 0. The van der Waals surface area contributed by atoms with Gasteiger partial charge in [-0.15, -0.1) is 0 Å². The topological polar surface area (TPSA) is 62.4 Å². The molecule has 1 amide bonds. The van der Waals surface area contributed by atoms with Crippen molar-refractivity contribution in [2.24, 2.45) is 0 Å². The lowest BCUT2D eigenvalue weighted by Gasteiger charge is -2.13. The Labute approximate surface area is 103 Å². The lowest BCUT2D eigenvalue weighted by Crippen LogP contribution is -2.31. The lowest BCUT2D eigenvalue weighted by molar-refractivity contribution is -0.0769. The van der Waals surface area contributed by atoms with Crippen LogP contribution in [0.15, 0.2) is 35.3 Å². The standard InChI is InChI=1S/C13H12N2O3/c16-12-9-4-1-2-5-11(9)14-8-10(12)13(17)15-6-3-7-18-15/h1-2,4-5,8H,3,6-7H2,(H,14,16). The van der Waals surface area contributed by atoms with Gasteiger partial charge < -0.3 is 4.98 Å². The summed E-state index contributed by atoms with van der Waals surface area (Å²) in [7, 11) is 0. The number of amides is 1. The van der Waals surface area contributed by atoms with E-state index in [9.17, 15) is 9.59 Å². The van der Waals surface area contributed by atoms with Gasteiger partial charge in [0.05, 0.1) is 13.2 Å². The molecule has 0 aliphatic carbocycles. The molecule has 2 aromatic rings. The van der Waals surface area contributed by atoms with Crippen molar-refractivity contribution in [3.8, 4) is 0 Å². The van der Waals surface area contributed by atoms with E-state index >= 15 is 0 Å². The maximum atomic E-state index is 12.2. The summed E-state index contributed by atoms with van der Waals surface area (Å²) in [5.41, 5.74) is 0.585. The van der Waals surface area contributed by atoms with Crippen LogP contribution >= 0.6 is 0 Å². The maximum Gasteiger partial charge on any atom is 0.282 e. The van der Waals surface area contributed by atoms with Crippen LogP contribution in [0.2, 0.25) is 0 Å². The van der Waals surface area contributed by atoms with Crippen molar-refractivity contribution >= 4 is 16.8 Å². The van der Waals surface area contributed by atoms with Crippen molar-refractivity contribution in [3.05, 3.63) is 46.2 Å². The summed E-state index contributed by atoms with van der Waals surface area (Å²) in [6, 6.07) is 7.12. The van der Waals surface area contributed by atoms with Crippen molar-refractivity contribution in [1.82, 2.24) is 10.0 Å². The van der Waals surface area contributed by atoms with Gasteiger partial charge in [0.2, 0.25) is 5.43 Å². The molecule has 1 fully saturated rings. The van der Waals surface area contributed by atoms with Gasteiger partial charge in [-0.25, -0.2) is 5.06 Å². The Morgan fingerprint density at radius 2 is 2.17 bits per heavy atom. The fraction of sp³-hybridized carbons (Fsp3) is 0.231. The predicted molar refractivity (Wildman–Crippen MR) is 66.2 cm³/mol. The van der Waals surface area contributed by atoms with E-state index in [0.29, 0.717) is 18.5 Å². The van der Waals surface area contributed by atoms with Crippen LogP contribution in [-0.2, 0) is 4.84 Å². The van der Waals surface area contributed by atoms with Crippen LogP contribution in [0.3, 0.4) is 0 Å². The average molecular weight is 244 g/mol. The van der Waals surface area contributed by atoms with Crippen molar-refractivity contribution in [2.45, 2.75) is 6.42 Å². The van der Waals surface area contributed by atoms with Gasteiger partial charge in [-0.1, -0.05) is 12.1 Å². The number of aromatic nitrogens is 1. The van der Waals surface area contributed by atoms with Crippen molar-refractivity contribution < 1.29 is 9.63 Å². The first-order valence-corrected chi connectivity index (χ1v) is 5.82. The Morgan fingerprint density at radius 3 is 2.94 bits per heavy atom. The number of nitrogens with one attached hydrogen (secondary N) is 1. The van der Waals surface area contributed by atoms with Crippen LogP contribution in [0, 0.1) is 0 Å². The number of benzene rings is 1. The molecule has 0 bridgehead atoms. The molecule has 92 valence electrons. The summed E-state index contributed by atoms with van der Waals surface area (Å²) < 4.78 is 0. The lowest BCUT2D eigenvalue weighted by atomic mass is 10.1. The van der Waals surface area contributed by atoms with E-state index < -0.39 is 0 Å². The third-order valence-electron chi connectivity index (χ3n) is 3.00. The second-order valence-electron chi connectivity index (χ2n) is 4.17.